The Balaban J connectivity index is 1.22. The van der Waals surface area contributed by atoms with Crippen LogP contribution in [0.25, 0.3) is 83.9 Å². The van der Waals surface area contributed by atoms with E-state index in [4.69, 9.17) is 15.0 Å². The Morgan fingerprint density at radius 3 is 1.35 bits per heavy atom. The molecule has 0 atom stereocenters. The number of nitrogens with zero attached hydrogens (tertiary/aromatic N) is 4. The third-order valence-electron chi connectivity index (χ3n) is 9.09. The molecule has 0 aliphatic rings. The molecular formula is C45H30N4. The van der Waals surface area contributed by atoms with Gasteiger partial charge in [0.15, 0.2) is 17.5 Å². The molecular weight excluding hydrogens is 597 g/mol. The van der Waals surface area contributed by atoms with Crippen LogP contribution in [-0.2, 0) is 0 Å². The molecule has 4 heteroatoms. The number of benzene rings is 7. The molecule has 0 aliphatic heterocycles. The molecule has 0 saturated heterocycles. The third-order valence-corrected chi connectivity index (χ3v) is 9.09. The van der Waals surface area contributed by atoms with E-state index in [1.54, 1.807) is 0 Å². The highest BCUT2D eigenvalue weighted by atomic mass is 15.0. The van der Waals surface area contributed by atoms with Gasteiger partial charge in [-0.15, -0.1) is 0 Å². The first-order chi connectivity index (χ1) is 24.3. The highest BCUT2D eigenvalue weighted by molar-refractivity contribution is 6.15. The lowest BCUT2D eigenvalue weighted by Crippen LogP contribution is -2.00. The molecule has 0 fully saturated rings. The van der Waals surface area contributed by atoms with Crippen LogP contribution in [-0.4, -0.2) is 19.5 Å². The van der Waals surface area contributed by atoms with Gasteiger partial charge < -0.3 is 4.57 Å². The minimum atomic E-state index is 0.640. The zero-order valence-corrected chi connectivity index (χ0v) is 26.6. The summed E-state index contributed by atoms with van der Waals surface area (Å²) in [5.41, 5.74) is 10.9. The SMILES string of the molecule is c1ccc(-c2ccc(-c3nc(-c4ccccc4)nc(-c4cccc5c4c4ccccc4n5-c4ccc(-c5ccccc5)cc4)n3)cc2)cc1. The summed E-state index contributed by atoms with van der Waals surface area (Å²) < 4.78 is 2.34. The van der Waals surface area contributed by atoms with Crippen molar-refractivity contribution in [1.29, 1.82) is 0 Å². The summed E-state index contributed by atoms with van der Waals surface area (Å²) in [6.07, 6.45) is 0. The van der Waals surface area contributed by atoms with Gasteiger partial charge in [0.05, 0.1) is 11.0 Å². The van der Waals surface area contributed by atoms with E-state index in [-0.39, 0.29) is 0 Å². The Morgan fingerprint density at radius 1 is 0.306 bits per heavy atom. The van der Waals surface area contributed by atoms with Gasteiger partial charge in [-0.3, -0.25) is 0 Å². The van der Waals surface area contributed by atoms with Crippen molar-refractivity contribution < 1.29 is 0 Å². The average Bonchev–Trinajstić information content (AvgIpc) is 3.53. The predicted molar refractivity (Wildman–Crippen MR) is 201 cm³/mol. The van der Waals surface area contributed by atoms with Crippen LogP contribution in [0, 0.1) is 0 Å². The molecule has 0 bridgehead atoms. The van der Waals surface area contributed by atoms with E-state index in [1.165, 1.54) is 16.7 Å². The summed E-state index contributed by atoms with van der Waals surface area (Å²) in [5.74, 6) is 1.93. The van der Waals surface area contributed by atoms with Gasteiger partial charge in [-0.25, -0.2) is 15.0 Å². The monoisotopic (exact) mass is 626 g/mol. The molecule has 230 valence electrons. The summed E-state index contributed by atoms with van der Waals surface area (Å²) in [7, 11) is 0. The minimum absolute atomic E-state index is 0.640. The molecule has 2 heterocycles. The maximum atomic E-state index is 5.15. The third kappa shape index (κ3) is 5.26. The lowest BCUT2D eigenvalue weighted by atomic mass is 10.0. The largest absolute Gasteiger partial charge is 0.309 e. The maximum absolute atomic E-state index is 5.15. The van der Waals surface area contributed by atoms with Gasteiger partial charge in [-0.2, -0.15) is 0 Å². The van der Waals surface area contributed by atoms with Crippen molar-refractivity contribution in [3.05, 3.63) is 182 Å². The molecule has 0 N–H and O–H groups in total. The zero-order valence-electron chi connectivity index (χ0n) is 26.6. The van der Waals surface area contributed by atoms with Gasteiger partial charge in [0, 0.05) is 33.2 Å². The second kappa shape index (κ2) is 12.2. The zero-order chi connectivity index (χ0) is 32.6. The fraction of sp³-hybridized carbons (Fsp3) is 0. The van der Waals surface area contributed by atoms with E-state index in [9.17, 15) is 0 Å². The highest BCUT2D eigenvalue weighted by Crippen LogP contribution is 2.38. The first-order valence-electron chi connectivity index (χ1n) is 16.5. The minimum Gasteiger partial charge on any atom is -0.309 e. The van der Waals surface area contributed by atoms with Crippen molar-refractivity contribution in [2.45, 2.75) is 0 Å². The van der Waals surface area contributed by atoms with Crippen LogP contribution >= 0.6 is 0 Å². The second-order valence-corrected chi connectivity index (χ2v) is 12.1. The van der Waals surface area contributed by atoms with E-state index >= 15 is 0 Å². The van der Waals surface area contributed by atoms with E-state index < -0.39 is 0 Å². The number of hydrogen-bond acceptors (Lipinski definition) is 3. The normalized spacial score (nSPS) is 11.3. The molecule has 4 nitrogen and oxygen atoms in total. The standard InChI is InChI=1S/C45H30N4/c1-4-13-31(14-5-1)33-23-25-36(26-24-33)44-46-43(35-17-8-3-9-18-35)47-45(48-44)39-20-12-22-41-42(39)38-19-10-11-21-40(38)49(41)37-29-27-34(28-30-37)32-15-6-2-7-16-32/h1-30H. The molecule has 2 aromatic heterocycles. The molecule has 9 aromatic rings. The summed E-state index contributed by atoms with van der Waals surface area (Å²) in [5, 5.41) is 2.26. The molecule has 0 amide bonds. The van der Waals surface area contributed by atoms with Gasteiger partial charge in [-0.05, 0) is 46.5 Å². The van der Waals surface area contributed by atoms with E-state index in [0.29, 0.717) is 17.5 Å². The Morgan fingerprint density at radius 2 is 0.735 bits per heavy atom. The molecule has 0 spiro atoms. The molecule has 0 saturated carbocycles. The van der Waals surface area contributed by atoms with Crippen LogP contribution < -0.4 is 0 Å². The first-order valence-corrected chi connectivity index (χ1v) is 16.5. The van der Waals surface area contributed by atoms with Crippen LogP contribution in [0.4, 0.5) is 0 Å². The molecule has 9 rings (SSSR count). The van der Waals surface area contributed by atoms with Crippen LogP contribution in [0.15, 0.2) is 182 Å². The first kappa shape index (κ1) is 28.6. The summed E-state index contributed by atoms with van der Waals surface area (Å²) in [6.45, 7) is 0. The maximum Gasteiger partial charge on any atom is 0.164 e. The van der Waals surface area contributed by atoms with Gasteiger partial charge >= 0.3 is 0 Å². The fourth-order valence-electron chi connectivity index (χ4n) is 6.70. The molecule has 0 unspecified atom stereocenters. The number of fused-ring (bicyclic) bond motifs is 3. The Kier molecular flexibility index (Phi) is 7.10. The second-order valence-electron chi connectivity index (χ2n) is 12.1. The molecule has 0 radical (unpaired) electrons. The van der Waals surface area contributed by atoms with Crippen LogP contribution in [0.3, 0.4) is 0 Å². The Bertz CT molecular complexity index is 2560. The van der Waals surface area contributed by atoms with Crippen molar-refractivity contribution in [3.8, 4) is 62.1 Å². The number of hydrogen-bond donors (Lipinski definition) is 0. The van der Waals surface area contributed by atoms with Gasteiger partial charge in [0.1, 0.15) is 0 Å². The van der Waals surface area contributed by atoms with Gasteiger partial charge in [0.25, 0.3) is 0 Å². The lowest BCUT2D eigenvalue weighted by Gasteiger charge is -2.11. The number of para-hydroxylation sites is 1. The van der Waals surface area contributed by atoms with Crippen LogP contribution in [0.2, 0.25) is 0 Å². The van der Waals surface area contributed by atoms with Gasteiger partial charge in [-0.1, -0.05) is 158 Å². The lowest BCUT2D eigenvalue weighted by molar-refractivity contribution is 1.08. The molecule has 49 heavy (non-hydrogen) atoms. The van der Waals surface area contributed by atoms with E-state index in [1.807, 2.05) is 42.5 Å². The number of aromatic nitrogens is 4. The predicted octanol–water partition coefficient (Wildman–Crippen LogP) is 11.3. The Hall–Kier alpha value is -6.65. The van der Waals surface area contributed by atoms with Crippen molar-refractivity contribution in [2.24, 2.45) is 0 Å². The quantitative estimate of drug-likeness (QED) is 0.184. The summed E-state index contributed by atoms with van der Waals surface area (Å²) in [4.78, 5) is 15.3. The number of rotatable bonds is 6. The van der Waals surface area contributed by atoms with E-state index in [2.05, 4.69) is 144 Å². The molecule has 0 aliphatic carbocycles. The Labute approximate surface area is 284 Å². The fourth-order valence-corrected chi connectivity index (χ4v) is 6.70. The topological polar surface area (TPSA) is 43.6 Å². The average molecular weight is 627 g/mol. The van der Waals surface area contributed by atoms with Crippen molar-refractivity contribution >= 4 is 21.8 Å². The van der Waals surface area contributed by atoms with Crippen LogP contribution in [0.1, 0.15) is 0 Å². The van der Waals surface area contributed by atoms with Crippen molar-refractivity contribution in [3.63, 3.8) is 0 Å². The smallest absolute Gasteiger partial charge is 0.164 e. The summed E-state index contributed by atoms with van der Waals surface area (Å²) >= 11 is 0. The van der Waals surface area contributed by atoms with Crippen molar-refractivity contribution in [1.82, 2.24) is 19.5 Å². The van der Waals surface area contributed by atoms with Crippen LogP contribution in [0.5, 0.6) is 0 Å². The summed E-state index contributed by atoms with van der Waals surface area (Å²) in [6, 6.07) is 63.3. The van der Waals surface area contributed by atoms with Gasteiger partial charge in [0.2, 0.25) is 0 Å². The highest BCUT2D eigenvalue weighted by Gasteiger charge is 2.19. The molecule has 7 aromatic carbocycles. The van der Waals surface area contributed by atoms with E-state index in [0.717, 1.165) is 49.7 Å². The van der Waals surface area contributed by atoms with Crippen molar-refractivity contribution in [2.75, 3.05) is 0 Å².